The van der Waals surface area contributed by atoms with Gasteiger partial charge in [0.05, 0.1) is 17.6 Å². The maximum absolute atomic E-state index is 9.10. The molecule has 1 aliphatic heterocycles. The molecule has 0 radical (unpaired) electrons. The Labute approximate surface area is 144 Å². The van der Waals surface area contributed by atoms with Crippen LogP contribution in [0.1, 0.15) is 32.0 Å². The van der Waals surface area contributed by atoms with Gasteiger partial charge in [-0.05, 0) is 18.6 Å². The average Bonchev–Trinajstić information content (AvgIpc) is 2.95. The first-order valence-corrected chi connectivity index (χ1v) is 9.54. The third-order valence-electron chi connectivity index (χ3n) is 5.26. The Morgan fingerprint density at radius 1 is 1.08 bits per heavy atom. The van der Waals surface area contributed by atoms with Crippen molar-refractivity contribution in [3.05, 3.63) is 30.1 Å². The van der Waals surface area contributed by atoms with Crippen LogP contribution in [0, 0.1) is 0 Å². The number of fused-ring (bicyclic) bond motifs is 1. The van der Waals surface area contributed by atoms with E-state index in [0.29, 0.717) is 6.61 Å². The Bertz CT molecular complexity index is 631. The highest BCUT2D eigenvalue weighted by atomic mass is 16.3. The van der Waals surface area contributed by atoms with Gasteiger partial charge in [-0.25, -0.2) is 4.98 Å². The molecule has 1 saturated heterocycles. The van der Waals surface area contributed by atoms with Crippen LogP contribution in [0.15, 0.2) is 24.3 Å². The summed E-state index contributed by atoms with van der Waals surface area (Å²) < 4.78 is 2.45. The van der Waals surface area contributed by atoms with E-state index in [1.54, 1.807) is 4.90 Å². The van der Waals surface area contributed by atoms with E-state index in [0.717, 1.165) is 38.2 Å². The molecule has 0 bridgehead atoms. The molecule has 132 valence electrons. The SMILES string of the molecule is CCCCCn1c(C[NH+]2CC[NH+](CCO)CC2)nc2ccccc21. The van der Waals surface area contributed by atoms with Gasteiger partial charge in [0.25, 0.3) is 0 Å². The van der Waals surface area contributed by atoms with Gasteiger partial charge in [0.15, 0.2) is 5.82 Å². The lowest BCUT2D eigenvalue weighted by Crippen LogP contribution is -3.27. The van der Waals surface area contributed by atoms with Crippen LogP contribution in [-0.2, 0) is 13.1 Å². The van der Waals surface area contributed by atoms with Crippen molar-refractivity contribution in [3.63, 3.8) is 0 Å². The van der Waals surface area contributed by atoms with Gasteiger partial charge < -0.3 is 19.5 Å². The summed E-state index contributed by atoms with van der Waals surface area (Å²) in [6.45, 7) is 10.2. The normalized spacial score (nSPS) is 21.4. The smallest absolute Gasteiger partial charge is 0.165 e. The fraction of sp³-hybridized carbons (Fsp3) is 0.632. The first-order valence-electron chi connectivity index (χ1n) is 9.54. The molecule has 5 nitrogen and oxygen atoms in total. The van der Waals surface area contributed by atoms with Crippen LogP contribution in [0.2, 0.25) is 0 Å². The number of hydrogen-bond donors (Lipinski definition) is 3. The molecule has 3 rings (SSSR count). The molecule has 5 heteroatoms. The molecule has 3 N–H and O–H groups in total. The standard InChI is InChI=1S/C19H30N4O/c1-2-3-6-9-23-18-8-5-4-7-17(18)20-19(23)16-22-12-10-21(11-13-22)14-15-24/h4-5,7-8,24H,2-3,6,9-16H2,1H3/p+2. The number of aliphatic hydroxyl groups is 1. The van der Waals surface area contributed by atoms with Gasteiger partial charge in [0.2, 0.25) is 0 Å². The summed E-state index contributed by atoms with van der Waals surface area (Å²) in [7, 11) is 0. The van der Waals surface area contributed by atoms with Gasteiger partial charge in [-0.2, -0.15) is 0 Å². The molecule has 1 fully saturated rings. The second kappa shape index (κ2) is 8.60. The van der Waals surface area contributed by atoms with Gasteiger partial charge in [-0.15, -0.1) is 0 Å². The van der Waals surface area contributed by atoms with E-state index in [4.69, 9.17) is 10.1 Å². The third-order valence-corrected chi connectivity index (χ3v) is 5.26. The summed E-state index contributed by atoms with van der Waals surface area (Å²) >= 11 is 0. The lowest BCUT2D eigenvalue weighted by atomic mass is 10.2. The zero-order chi connectivity index (χ0) is 16.8. The topological polar surface area (TPSA) is 46.9 Å². The van der Waals surface area contributed by atoms with E-state index >= 15 is 0 Å². The third kappa shape index (κ3) is 4.15. The molecular formula is C19H32N4O+2. The van der Waals surface area contributed by atoms with Crippen LogP contribution in [0.3, 0.4) is 0 Å². The summed E-state index contributed by atoms with van der Waals surface area (Å²) in [5.41, 5.74) is 2.42. The summed E-state index contributed by atoms with van der Waals surface area (Å²) in [4.78, 5) is 8.10. The number of para-hydroxylation sites is 2. The Morgan fingerprint density at radius 3 is 2.58 bits per heavy atom. The van der Waals surface area contributed by atoms with Crippen LogP contribution < -0.4 is 9.80 Å². The Balaban J connectivity index is 1.70. The number of aryl methyl sites for hydroxylation is 1. The van der Waals surface area contributed by atoms with Crippen LogP contribution in [-0.4, -0.2) is 54.0 Å². The van der Waals surface area contributed by atoms with Crippen LogP contribution in [0.4, 0.5) is 0 Å². The highest BCUT2D eigenvalue weighted by Crippen LogP contribution is 2.16. The van der Waals surface area contributed by atoms with Gasteiger partial charge in [-0.3, -0.25) is 0 Å². The summed E-state index contributed by atoms with van der Waals surface area (Å²) in [6.07, 6.45) is 3.76. The lowest BCUT2D eigenvalue weighted by Gasteiger charge is -2.29. The van der Waals surface area contributed by atoms with Crippen molar-refractivity contribution in [2.24, 2.45) is 0 Å². The molecule has 2 heterocycles. The van der Waals surface area contributed by atoms with E-state index in [1.807, 2.05) is 0 Å². The van der Waals surface area contributed by atoms with Crippen LogP contribution >= 0.6 is 0 Å². The van der Waals surface area contributed by atoms with E-state index < -0.39 is 0 Å². The molecule has 0 spiro atoms. The van der Waals surface area contributed by atoms with Gasteiger partial charge in [0, 0.05) is 6.54 Å². The number of nitrogens with zero attached hydrogens (tertiary/aromatic N) is 2. The number of rotatable bonds is 8. The second-order valence-electron chi connectivity index (χ2n) is 7.03. The number of nitrogens with one attached hydrogen (secondary N) is 2. The molecule has 0 unspecified atom stereocenters. The predicted octanol–water partition coefficient (Wildman–Crippen LogP) is -0.498. The Hall–Kier alpha value is -1.43. The van der Waals surface area contributed by atoms with Crippen molar-refractivity contribution in [2.45, 2.75) is 39.3 Å². The highest BCUT2D eigenvalue weighted by molar-refractivity contribution is 5.75. The van der Waals surface area contributed by atoms with Crippen LogP contribution in [0.25, 0.3) is 11.0 Å². The van der Waals surface area contributed by atoms with Crippen molar-refractivity contribution >= 4 is 11.0 Å². The van der Waals surface area contributed by atoms with Crippen molar-refractivity contribution < 1.29 is 14.9 Å². The number of benzene rings is 1. The number of imidazole rings is 1. The number of aliphatic hydroxyl groups excluding tert-OH is 1. The minimum absolute atomic E-state index is 0.303. The van der Waals surface area contributed by atoms with Gasteiger partial charge in [0.1, 0.15) is 39.3 Å². The molecule has 24 heavy (non-hydrogen) atoms. The first kappa shape index (κ1) is 17.4. The van der Waals surface area contributed by atoms with Crippen LogP contribution in [0.5, 0.6) is 0 Å². The molecule has 1 aliphatic rings. The zero-order valence-corrected chi connectivity index (χ0v) is 14.9. The zero-order valence-electron chi connectivity index (χ0n) is 14.9. The summed E-state index contributed by atoms with van der Waals surface area (Å²) in [6, 6.07) is 8.54. The molecule has 1 aromatic carbocycles. The molecule has 0 amide bonds. The van der Waals surface area contributed by atoms with E-state index in [1.165, 1.54) is 48.6 Å². The monoisotopic (exact) mass is 332 g/mol. The van der Waals surface area contributed by atoms with Gasteiger partial charge in [-0.1, -0.05) is 31.9 Å². The maximum Gasteiger partial charge on any atom is 0.165 e. The van der Waals surface area contributed by atoms with E-state index in [2.05, 4.69) is 35.8 Å². The lowest BCUT2D eigenvalue weighted by molar-refractivity contribution is -1.02. The fourth-order valence-corrected chi connectivity index (χ4v) is 3.80. The molecule has 0 aliphatic carbocycles. The quantitative estimate of drug-likeness (QED) is 0.571. The van der Waals surface area contributed by atoms with Gasteiger partial charge >= 0.3 is 0 Å². The highest BCUT2D eigenvalue weighted by Gasteiger charge is 2.24. The molecule has 0 atom stereocenters. The average molecular weight is 332 g/mol. The van der Waals surface area contributed by atoms with Crippen molar-refractivity contribution in [1.29, 1.82) is 0 Å². The van der Waals surface area contributed by atoms with Crippen molar-refractivity contribution in [2.75, 3.05) is 39.3 Å². The Morgan fingerprint density at radius 2 is 1.83 bits per heavy atom. The van der Waals surface area contributed by atoms with Crippen molar-refractivity contribution in [1.82, 2.24) is 9.55 Å². The maximum atomic E-state index is 9.10. The number of quaternary nitrogens is 2. The summed E-state index contributed by atoms with van der Waals surface area (Å²) in [5, 5.41) is 9.10. The summed E-state index contributed by atoms with van der Waals surface area (Å²) in [5.74, 6) is 1.24. The predicted molar refractivity (Wildman–Crippen MR) is 96.3 cm³/mol. The second-order valence-corrected chi connectivity index (χ2v) is 7.03. The first-order chi connectivity index (χ1) is 11.8. The van der Waals surface area contributed by atoms with E-state index in [9.17, 15) is 0 Å². The Kier molecular flexibility index (Phi) is 6.24. The fourth-order valence-electron chi connectivity index (χ4n) is 3.80. The number of unbranched alkanes of at least 4 members (excludes halogenated alkanes) is 2. The number of piperazine rings is 1. The largest absolute Gasteiger partial charge is 0.391 e. The molecule has 2 aromatic rings. The minimum Gasteiger partial charge on any atom is -0.391 e. The number of aromatic nitrogens is 2. The van der Waals surface area contributed by atoms with Crippen molar-refractivity contribution in [3.8, 4) is 0 Å². The number of hydrogen-bond acceptors (Lipinski definition) is 2. The van der Waals surface area contributed by atoms with E-state index in [-0.39, 0.29) is 0 Å². The molecular weight excluding hydrogens is 300 g/mol. The molecule has 1 aromatic heterocycles. The molecule has 0 saturated carbocycles. The minimum atomic E-state index is 0.303.